The molecule has 3 heterocycles. The van der Waals surface area contributed by atoms with Gasteiger partial charge >= 0.3 is 0 Å². The van der Waals surface area contributed by atoms with Gasteiger partial charge in [-0.15, -0.1) is 0 Å². The molecule has 0 aliphatic carbocycles. The van der Waals surface area contributed by atoms with Crippen molar-refractivity contribution in [1.29, 1.82) is 0 Å². The number of amides is 3. The molecule has 32 heavy (non-hydrogen) atoms. The van der Waals surface area contributed by atoms with Crippen LogP contribution in [0.15, 0.2) is 42.5 Å². The summed E-state index contributed by atoms with van der Waals surface area (Å²) in [5.74, 6) is -0.522. The van der Waals surface area contributed by atoms with Gasteiger partial charge in [-0.25, -0.2) is 4.98 Å². The number of nitrogens with zero attached hydrogens (tertiary/aromatic N) is 3. The lowest BCUT2D eigenvalue weighted by Crippen LogP contribution is -2.37. The minimum atomic E-state index is -0.443. The number of nitrogens with one attached hydrogen (secondary N) is 1. The van der Waals surface area contributed by atoms with Crippen LogP contribution in [-0.2, 0) is 11.3 Å². The second-order valence-electron chi connectivity index (χ2n) is 8.57. The highest BCUT2D eigenvalue weighted by Crippen LogP contribution is 2.28. The number of imide groups is 1. The van der Waals surface area contributed by atoms with Gasteiger partial charge in [0, 0.05) is 6.54 Å². The number of thiazole rings is 1. The number of benzene rings is 2. The van der Waals surface area contributed by atoms with Crippen LogP contribution in [0.5, 0.6) is 0 Å². The van der Waals surface area contributed by atoms with Crippen molar-refractivity contribution < 1.29 is 14.4 Å². The fourth-order valence-corrected chi connectivity index (χ4v) is 5.23. The van der Waals surface area contributed by atoms with Gasteiger partial charge in [0.1, 0.15) is 6.54 Å². The van der Waals surface area contributed by atoms with Crippen LogP contribution in [0.3, 0.4) is 0 Å². The molecule has 0 atom stereocenters. The summed E-state index contributed by atoms with van der Waals surface area (Å²) in [6.45, 7) is 5.15. The zero-order chi connectivity index (χ0) is 22.2. The smallest absolute Gasteiger partial charge is 0.262 e. The number of carbonyl (C=O) groups excluding carboxylic acids is 3. The van der Waals surface area contributed by atoms with E-state index in [0.717, 1.165) is 40.7 Å². The zero-order valence-electron chi connectivity index (χ0n) is 17.8. The second-order valence-corrected chi connectivity index (χ2v) is 9.60. The van der Waals surface area contributed by atoms with E-state index in [4.69, 9.17) is 0 Å². The Morgan fingerprint density at radius 1 is 1.09 bits per heavy atom. The van der Waals surface area contributed by atoms with Crippen molar-refractivity contribution in [2.24, 2.45) is 5.92 Å². The van der Waals surface area contributed by atoms with Crippen LogP contribution in [0, 0.1) is 5.92 Å². The molecule has 2 aliphatic rings. The lowest BCUT2D eigenvalue weighted by Gasteiger charge is -2.30. The summed E-state index contributed by atoms with van der Waals surface area (Å²) in [5.41, 5.74) is 2.73. The summed E-state index contributed by atoms with van der Waals surface area (Å²) in [7, 11) is 0. The van der Waals surface area contributed by atoms with Crippen LogP contribution < -0.4 is 5.32 Å². The van der Waals surface area contributed by atoms with Crippen molar-refractivity contribution in [2.75, 3.05) is 25.0 Å². The molecule has 8 heteroatoms. The maximum absolute atomic E-state index is 12.5. The topological polar surface area (TPSA) is 82.6 Å². The van der Waals surface area contributed by atoms with Crippen molar-refractivity contribution in [3.63, 3.8) is 0 Å². The molecule has 1 N–H and O–H groups in total. The molecule has 0 saturated carbocycles. The molecular formula is C24H24N4O3S. The number of fused-ring (bicyclic) bond motifs is 2. The SMILES string of the molecule is CC1CCN(Cc2ccc3nc(NC(=O)CN4C(=O)c5ccccc5C4=O)sc3c2)CC1. The minimum Gasteiger partial charge on any atom is -0.300 e. The Kier molecular flexibility index (Phi) is 5.48. The Bertz CT molecular complexity index is 1180. The van der Waals surface area contributed by atoms with Gasteiger partial charge in [-0.2, -0.15) is 0 Å². The van der Waals surface area contributed by atoms with Crippen LogP contribution in [0.25, 0.3) is 10.2 Å². The summed E-state index contributed by atoms with van der Waals surface area (Å²) in [4.78, 5) is 45.4. The predicted molar refractivity (Wildman–Crippen MR) is 124 cm³/mol. The summed E-state index contributed by atoms with van der Waals surface area (Å²) < 4.78 is 1.00. The number of carbonyl (C=O) groups is 3. The van der Waals surface area contributed by atoms with E-state index in [0.29, 0.717) is 16.3 Å². The maximum Gasteiger partial charge on any atom is 0.262 e. The number of likely N-dealkylation sites (tertiary alicyclic amines) is 1. The van der Waals surface area contributed by atoms with Crippen LogP contribution in [0.1, 0.15) is 46.0 Å². The molecule has 164 valence electrons. The first kappa shape index (κ1) is 20.8. The van der Waals surface area contributed by atoms with E-state index in [1.807, 2.05) is 6.07 Å². The van der Waals surface area contributed by atoms with Gasteiger partial charge in [0.05, 0.1) is 21.3 Å². The van der Waals surface area contributed by atoms with E-state index < -0.39 is 17.7 Å². The van der Waals surface area contributed by atoms with Gasteiger partial charge in [-0.3, -0.25) is 24.2 Å². The lowest BCUT2D eigenvalue weighted by atomic mass is 9.99. The molecule has 0 unspecified atom stereocenters. The second kappa shape index (κ2) is 8.44. The summed E-state index contributed by atoms with van der Waals surface area (Å²) in [6, 6.07) is 12.8. The maximum atomic E-state index is 12.5. The molecule has 3 amide bonds. The molecular weight excluding hydrogens is 424 g/mol. The van der Waals surface area contributed by atoms with Crippen molar-refractivity contribution in [3.05, 3.63) is 59.2 Å². The average Bonchev–Trinajstić information content (AvgIpc) is 3.29. The van der Waals surface area contributed by atoms with E-state index in [-0.39, 0.29) is 6.54 Å². The largest absolute Gasteiger partial charge is 0.300 e. The molecule has 0 spiro atoms. The molecule has 0 radical (unpaired) electrons. The van der Waals surface area contributed by atoms with Gasteiger partial charge in [-0.1, -0.05) is 36.5 Å². The minimum absolute atomic E-state index is 0.332. The number of hydrogen-bond acceptors (Lipinski definition) is 6. The normalized spacial score (nSPS) is 17.2. The van der Waals surface area contributed by atoms with Gasteiger partial charge in [0.25, 0.3) is 11.8 Å². The predicted octanol–water partition coefficient (Wildman–Crippen LogP) is 3.76. The van der Waals surface area contributed by atoms with Crippen LogP contribution in [0.4, 0.5) is 5.13 Å². The molecule has 1 aromatic heterocycles. The Morgan fingerprint density at radius 2 is 1.78 bits per heavy atom. The number of anilines is 1. The number of rotatable bonds is 5. The summed E-state index contributed by atoms with van der Waals surface area (Å²) in [6.07, 6.45) is 2.48. The lowest BCUT2D eigenvalue weighted by molar-refractivity contribution is -0.116. The fourth-order valence-electron chi connectivity index (χ4n) is 4.28. The molecule has 2 aromatic carbocycles. The monoisotopic (exact) mass is 448 g/mol. The highest BCUT2D eigenvalue weighted by Gasteiger charge is 2.36. The van der Waals surface area contributed by atoms with Crippen molar-refractivity contribution >= 4 is 44.4 Å². The number of aromatic nitrogens is 1. The standard InChI is InChI=1S/C24H24N4O3S/c1-15-8-10-27(11-9-15)13-16-6-7-19-20(12-16)32-24(25-19)26-21(29)14-28-22(30)17-4-2-3-5-18(17)23(28)31/h2-7,12,15H,8-11,13-14H2,1H3,(H,25,26,29). The van der Waals surface area contributed by atoms with Gasteiger partial charge in [0.2, 0.25) is 5.91 Å². The quantitative estimate of drug-likeness (QED) is 0.601. The number of piperidine rings is 1. The third-order valence-corrected chi connectivity index (χ3v) is 7.10. The average molecular weight is 449 g/mol. The van der Waals surface area contributed by atoms with E-state index in [2.05, 4.69) is 34.3 Å². The molecule has 3 aromatic rings. The van der Waals surface area contributed by atoms with E-state index in [9.17, 15) is 14.4 Å². The molecule has 7 nitrogen and oxygen atoms in total. The first-order valence-corrected chi connectivity index (χ1v) is 11.7. The Balaban J connectivity index is 1.24. The summed E-state index contributed by atoms with van der Waals surface area (Å²) >= 11 is 1.40. The molecule has 5 rings (SSSR count). The van der Waals surface area contributed by atoms with Gasteiger partial charge in [-0.05, 0) is 61.7 Å². The first-order valence-electron chi connectivity index (χ1n) is 10.8. The summed E-state index contributed by atoms with van der Waals surface area (Å²) in [5, 5.41) is 3.21. The van der Waals surface area contributed by atoms with E-state index in [1.54, 1.807) is 24.3 Å². The fraction of sp³-hybridized carbons (Fsp3) is 0.333. The Labute approximate surface area is 190 Å². The van der Waals surface area contributed by atoms with Gasteiger partial charge in [0.15, 0.2) is 5.13 Å². The van der Waals surface area contributed by atoms with Crippen molar-refractivity contribution in [2.45, 2.75) is 26.3 Å². The molecule has 1 fully saturated rings. The van der Waals surface area contributed by atoms with E-state index in [1.165, 1.54) is 29.7 Å². The van der Waals surface area contributed by atoms with Crippen molar-refractivity contribution in [3.8, 4) is 0 Å². The van der Waals surface area contributed by atoms with Crippen LogP contribution >= 0.6 is 11.3 Å². The van der Waals surface area contributed by atoms with Crippen LogP contribution in [-0.4, -0.2) is 52.1 Å². The third-order valence-electron chi connectivity index (χ3n) is 6.16. The molecule has 1 saturated heterocycles. The molecule has 2 aliphatic heterocycles. The van der Waals surface area contributed by atoms with Crippen molar-refractivity contribution in [1.82, 2.24) is 14.8 Å². The highest BCUT2D eigenvalue weighted by atomic mass is 32.1. The Hall–Kier alpha value is -3.10. The zero-order valence-corrected chi connectivity index (χ0v) is 18.7. The van der Waals surface area contributed by atoms with E-state index >= 15 is 0 Å². The molecule has 0 bridgehead atoms. The first-order chi connectivity index (χ1) is 15.5. The Morgan fingerprint density at radius 3 is 2.47 bits per heavy atom. The van der Waals surface area contributed by atoms with Crippen LogP contribution in [0.2, 0.25) is 0 Å². The number of hydrogen-bond donors (Lipinski definition) is 1. The third kappa shape index (κ3) is 4.03. The highest BCUT2D eigenvalue weighted by molar-refractivity contribution is 7.22. The van der Waals surface area contributed by atoms with Gasteiger partial charge < -0.3 is 5.32 Å².